The number of rotatable bonds is 7. The molecule has 2 aromatic heterocycles. The van der Waals surface area contributed by atoms with E-state index in [-0.39, 0.29) is 5.82 Å². The predicted molar refractivity (Wildman–Crippen MR) is 145 cm³/mol. The summed E-state index contributed by atoms with van der Waals surface area (Å²) in [6, 6.07) is 19.3. The molecule has 0 spiro atoms. The predicted octanol–water partition coefficient (Wildman–Crippen LogP) is 5.08. The van der Waals surface area contributed by atoms with E-state index in [1.54, 1.807) is 49.4 Å². The van der Waals surface area contributed by atoms with Crippen molar-refractivity contribution in [3.63, 3.8) is 0 Å². The maximum atomic E-state index is 13.6. The number of nitrogens with zero attached hydrogens (tertiary/aromatic N) is 5. The number of hydrogen-bond acceptors (Lipinski definition) is 6. The van der Waals surface area contributed by atoms with Crippen molar-refractivity contribution in [2.75, 3.05) is 22.9 Å². The van der Waals surface area contributed by atoms with Gasteiger partial charge in [0.05, 0.1) is 17.1 Å². The highest BCUT2D eigenvalue weighted by Gasteiger charge is 2.32. The highest BCUT2D eigenvalue weighted by atomic mass is 16.6. The van der Waals surface area contributed by atoms with Crippen LogP contribution in [0.5, 0.6) is 11.6 Å². The summed E-state index contributed by atoms with van der Waals surface area (Å²) < 4.78 is 8.03. The molecule has 0 aliphatic rings. The van der Waals surface area contributed by atoms with Crippen LogP contribution in [0.25, 0.3) is 5.69 Å². The normalized spacial score (nSPS) is 10.8. The molecular formula is C28H31N5O4. The summed E-state index contributed by atoms with van der Waals surface area (Å²) in [5, 5.41) is 11.3. The molecule has 1 N–H and O–H groups in total. The molecule has 192 valence electrons. The van der Waals surface area contributed by atoms with Crippen molar-refractivity contribution in [3.05, 3.63) is 88.5 Å². The second kappa shape index (κ2) is 10.6. The number of pyridine rings is 1. The van der Waals surface area contributed by atoms with E-state index < -0.39 is 17.7 Å². The van der Waals surface area contributed by atoms with Gasteiger partial charge >= 0.3 is 11.8 Å². The molecule has 0 atom stereocenters. The van der Waals surface area contributed by atoms with E-state index in [4.69, 9.17) is 9.72 Å². The molecule has 0 fully saturated rings. The van der Waals surface area contributed by atoms with E-state index >= 15 is 0 Å². The SMILES string of the molecule is CCN(CC)c1ccc(N(C(=O)Oc2ccccc2)c2c(O)n(-c3ccc(C)cc3)c(=O)n2C)c(C)n1. The van der Waals surface area contributed by atoms with Crippen molar-refractivity contribution in [1.82, 2.24) is 14.1 Å². The first-order valence-corrected chi connectivity index (χ1v) is 12.1. The lowest BCUT2D eigenvalue weighted by atomic mass is 10.2. The molecule has 1 amide bonds. The summed E-state index contributed by atoms with van der Waals surface area (Å²) in [6.07, 6.45) is -0.793. The van der Waals surface area contributed by atoms with Crippen LogP contribution < -0.4 is 20.2 Å². The van der Waals surface area contributed by atoms with Crippen LogP contribution in [0.1, 0.15) is 25.1 Å². The summed E-state index contributed by atoms with van der Waals surface area (Å²) in [4.78, 5) is 34.9. The minimum Gasteiger partial charge on any atom is -0.492 e. The van der Waals surface area contributed by atoms with Gasteiger partial charge in [0, 0.05) is 20.1 Å². The van der Waals surface area contributed by atoms with E-state index in [0.29, 0.717) is 22.8 Å². The fourth-order valence-electron chi connectivity index (χ4n) is 4.19. The molecule has 0 saturated heterocycles. The number of benzene rings is 2. The van der Waals surface area contributed by atoms with Crippen molar-refractivity contribution in [1.29, 1.82) is 0 Å². The Labute approximate surface area is 215 Å². The van der Waals surface area contributed by atoms with Crippen LogP contribution in [0, 0.1) is 13.8 Å². The van der Waals surface area contributed by atoms with Crippen LogP contribution in [-0.2, 0) is 7.05 Å². The number of carbonyl (C=O) groups excluding carboxylic acids is 1. The zero-order chi connectivity index (χ0) is 26.7. The van der Waals surface area contributed by atoms with Gasteiger partial charge in [0.25, 0.3) is 0 Å². The van der Waals surface area contributed by atoms with E-state index in [2.05, 4.69) is 4.90 Å². The van der Waals surface area contributed by atoms with Gasteiger partial charge in [0.1, 0.15) is 11.6 Å². The molecule has 2 heterocycles. The molecule has 0 aliphatic carbocycles. The molecule has 9 nitrogen and oxygen atoms in total. The van der Waals surface area contributed by atoms with Crippen molar-refractivity contribution in [3.8, 4) is 17.3 Å². The molecule has 4 aromatic rings. The van der Waals surface area contributed by atoms with Crippen molar-refractivity contribution >= 4 is 23.4 Å². The molecule has 0 aliphatic heterocycles. The highest BCUT2D eigenvalue weighted by molar-refractivity contribution is 5.98. The Bertz CT molecular complexity index is 1450. The summed E-state index contributed by atoms with van der Waals surface area (Å²) >= 11 is 0. The van der Waals surface area contributed by atoms with Crippen LogP contribution in [-0.4, -0.2) is 38.4 Å². The summed E-state index contributed by atoms with van der Waals surface area (Å²) in [7, 11) is 1.50. The van der Waals surface area contributed by atoms with Gasteiger partial charge in [-0.15, -0.1) is 0 Å². The van der Waals surface area contributed by atoms with Crippen LogP contribution in [0.3, 0.4) is 0 Å². The Morgan fingerprint density at radius 1 is 0.973 bits per heavy atom. The molecule has 9 heteroatoms. The summed E-state index contributed by atoms with van der Waals surface area (Å²) in [5.41, 5.74) is 1.88. The molecule has 4 rings (SSSR count). The van der Waals surface area contributed by atoms with Crippen molar-refractivity contribution in [2.24, 2.45) is 7.05 Å². The number of para-hydroxylation sites is 1. The van der Waals surface area contributed by atoms with Gasteiger partial charge in [-0.05, 0) is 64.1 Å². The largest absolute Gasteiger partial charge is 0.492 e. The van der Waals surface area contributed by atoms with Crippen LogP contribution in [0.4, 0.5) is 22.1 Å². The zero-order valence-electron chi connectivity index (χ0n) is 21.7. The fraction of sp³-hybridized carbons (Fsp3) is 0.250. The summed E-state index contributed by atoms with van der Waals surface area (Å²) in [5.74, 6) is 0.656. The molecule has 2 aromatic carbocycles. The minimum atomic E-state index is -0.793. The topological polar surface area (TPSA) is 92.8 Å². The second-order valence-electron chi connectivity index (χ2n) is 8.62. The van der Waals surface area contributed by atoms with E-state index in [0.717, 1.165) is 29.0 Å². The quantitative estimate of drug-likeness (QED) is 0.380. The fourth-order valence-corrected chi connectivity index (χ4v) is 4.19. The number of hydrogen-bond donors (Lipinski definition) is 1. The van der Waals surface area contributed by atoms with Gasteiger partial charge in [0.15, 0.2) is 5.82 Å². The van der Waals surface area contributed by atoms with Crippen LogP contribution >= 0.6 is 0 Å². The van der Waals surface area contributed by atoms with Gasteiger partial charge in [-0.25, -0.2) is 24.0 Å². The van der Waals surface area contributed by atoms with Gasteiger partial charge in [0.2, 0.25) is 5.88 Å². The van der Waals surface area contributed by atoms with Crippen LogP contribution in [0.15, 0.2) is 71.5 Å². The van der Waals surface area contributed by atoms with Gasteiger partial charge in [-0.3, -0.25) is 4.57 Å². The minimum absolute atomic E-state index is 0.0352. The average molecular weight is 502 g/mol. The first kappa shape index (κ1) is 25.6. The third-order valence-corrected chi connectivity index (χ3v) is 6.21. The molecule has 0 unspecified atom stereocenters. The van der Waals surface area contributed by atoms with Gasteiger partial charge < -0.3 is 14.7 Å². The van der Waals surface area contributed by atoms with E-state index in [1.807, 2.05) is 45.0 Å². The van der Waals surface area contributed by atoms with Crippen molar-refractivity contribution in [2.45, 2.75) is 27.7 Å². The number of aromatic hydroxyl groups is 1. The molecule has 0 radical (unpaired) electrons. The summed E-state index contributed by atoms with van der Waals surface area (Å²) in [6.45, 7) is 9.34. The monoisotopic (exact) mass is 501 g/mol. The third kappa shape index (κ3) is 4.93. The lowest BCUT2D eigenvalue weighted by Crippen LogP contribution is -2.33. The Hall–Kier alpha value is -4.53. The zero-order valence-corrected chi connectivity index (χ0v) is 21.7. The van der Waals surface area contributed by atoms with E-state index in [9.17, 15) is 14.7 Å². The first-order valence-electron chi connectivity index (χ1n) is 12.1. The molecular weight excluding hydrogens is 470 g/mol. The smallest absolute Gasteiger partial charge is 0.425 e. The number of amides is 1. The van der Waals surface area contributed by atoms with Crippen LogP contribution in [0.2, 0.25) is 0 Å². The lowest BCUT2D eigenvalue weighted by Gasteiger charge is -2.25. The van der Waals surface area contributed by atoms with Gasteiger partial charge in [-0.1, -0.05) is 35.9 Å². The maximum absolute atomic E-state index is 13.6. The van der Waals surface area contributed by atoms with E-state index in [1.165, 1.54) is 16.5 Å². The number of carbonyl (C=O) groups is 1. The third-order valence-electron chi connectivity index (χ3n) is 6.21. The van der Waals surface area contributed by atoms with Crippen molar-refractivity contribution < 1.29 is 14.6 Å². The number of aromatic nitrogens is 3. The molecule has 0 saturated carbocycles. The standard InChI is InChI=1S/C28H31N5O4/c1-6-31(7-2)24-18-17-23(20(4)29-24)33(28(36)37-22-11-9-8-10-12-22)25-26(34)32(27(35)30(25)5)21-15-13-19(3)14-16-21/h8-18,34H,6-7H2,1-5H3. The first-order chi connectivity index (χ1) is 17.8. The Morgan fingerprint density at radius 2 is 1.62 bits per heavy atom. The number of ether oxygens (including phenoxy) is 1. The Kier molecular flexibility index (Phi) is 7.33. The lowest BCUT2D eigenvalue weighted by molar-refractivity contribution is 0.210. The number of aryl methyl sites for hydroxylation is 2. The maximum Gasteiger partial charge on any atom is 0.425 e. The number of anilines is 3. The number of imidazole rings is 1. The molecule has 0 bridgehead atoms. The molecule has 37 heavy (non-hydrogen) atoms. The van der Waals surface area contributed by atoms with Gasteiger partial charge in [-0.2, -0.15) is 0 Å². The average Bonchev–Trinajstić information content (AvgIpc) is 3.10. The second-order valence-corrected chi connectivity index (χ2v) is 8.62. The highest BCUT2D eigenvalue weighted by Crippen LogP contribution is 2.36. The Balaban J connectivity index is 1.89. The Morgan fingerprint density at radius 3 is 2.22 bits per heavy atom.